The summed E-state index contributed by atoms with van der Waals surface area (Å²) in [7, 11) is 6.28. The Hall–Kier alpha value is -0.650. The first-order valence-corrected chi connectivity index (χ1v) is 7.63. The fraction of sp³-hybridized carbons (Fsp3) is 0.933. The molecule has 5 heteroatoms. The number of hydrogen-bond acceptors (Lipinski definition) is 4. The van der Waals surface area contributed by atoms with Crippen LogP contribution >= 0.6 is 0 Å². The lowest BCUT2D eigenvalue weighted by Gasteiger charge is -2.30. The van der Waals surface area contributed by atoms with Gasteiger partial charge >= 0.3 is 5.97 Å². The largest absolute Gasteiger partial charge is 0.480 e. The number of rotatable bonds is 8. The molecule has 0 aromatic heterocycles. The van der Waals surface area contributed by atoms with Crippen molar-refractivity contribution in [2.45, 2.75) is 57.2 Å². The molecule has 1 fully saturated rings. The molecule has 5 nitrogen and oxygen atoms in total. The van der Waals surface area contributed by atoms with Crippen molar-refractivity contribution in [3.8, 4) is 0 Å². The van der Waals surface area contributed by atoms with Gasteiger partial charge in [-0.2, -0.15) is 0 Å². The average molecular weight is 285 g/mol. The molecule has 0 bridgehead atoms. The number of nitrogens with zero attached hydrogens (tertiary/aromatic N) is 2. The zero-order valence-electron chi connectivity index (χ0n) is 13.6. The molecule has 0 aromatic rings. The highest BCUT2D eigenvalue weighted by atomic mass is 16.4. The standard InChI is InChI=1S/C15H31N3O2/c1-12(2)16-15(14(19)20)8-7-13(11-15)18(5)10-6-9-17(3)4/h12-13,16H,6-11H2,1-5H3,(H,19,20). The number of hydrogen-bond donors (Lipinski definition) is 2. The average Bonchev–Trinajstić information content (AvgIpc) is 2.73. The molecule has 0 aromatic carbocycles. The Morgan fingerprint density at radius 2 is 2.00 bits per heavy atom. The zero-order valence-corrected chi connectivity index (χ0v) is 13.6. The summed E-state index contributed by atoms with van der Waals surface area (Å²) in [6, 6.07) is 0.573. The molecule has 1 aliphatic rings. The van der Waals surface area contributed by atoms with E-state index in [1.165, 1.54) is 0 Å². The van der Waals surface area contributed by atoms with Crippen LogP contribution in [0, 0.1) is 0 Å². The zero-order chi connectivity index (χ0) is 15.3. The molecule has 1 rings (SSSR count). The molecular formula is C15H31N3O2. The van der Waals surface area contributed by atoms with E-state index < -0.39 is 11.5 Å². The van der Waals surface area contributed by atoms with Crippen molar-refractivity contribution in [2.24, 2.45) is 0 Å². The Kier molecular flexibility index (Phi) is 6.43. The molecule has 0 amide bonds. The summed E-state index contributed by atoms with van der Waals surface area (Å²) in [5.41, 5.74) is -0.728. The normalized spacial score (nSPS) is 26.9. The van der Waals surface area contributed by atoms with Crippen LogP contribution in [0.1, 0.15) is 39.5 Å². The van der Waals surface area contributed by atoms with Crippen molar-refractivity contribution in [1.29, 1.82) is 0 Å². The second kappa shape index (κ2) is 7.38. The van der Waals surface area contributed by atoms with Gasteiger partial charge in [-0.05, 0) is 73.8 Å². The second-order valence-electron chi connectivity index (χ2n) is 6.72. The quantitative estimate of drug-likeness (QED) is 0.703. The van der Waals surface area contributed by atoms with Gasteiger partial charge in [-0.1, -0.05) is 0 Å². The van der Waals surface area contributed by atoms with Crippen molar-refractivity contribution in [3.05, 3.63) is 0 Å². The van der Waals surface area contributed by atoms with Crippen LogP contribution < -0.4 is 5.32 Å². The maximum absolute atomic E-state index is 11.6. The predicted octanol–water partition coefficient (Wildman–Crippen LogP) is 1.24. The molecule has 2 unspecified atom stereocenters. The van der Waals surface area contributed by atoms with E-state index in [9.17, 15) is 9.90 Å². The molecule has 2 N–H and O–H groups in total. The first-order valence-electron chi connectivity index (χ1n) is 7.63. The van der Waals surface area contributed by atoms with Gasteiger partial charge in [-0.15, -0.1) is 0 Å². The van der Waals surface area contributed by atoms with Crippen molar-refractivity contribution in [1.82, 2.24) is 15.1 Å². The minimum atomic E-state index is -0.728. The fourth-order valence-corrected chi connectivity index (χ4v) is 3.15. The third-order valence-electron chi connectivity index (χ3n) is 4.20. The third-order valence-corrected chi connectivity index (χ3v) is 4.20. The Balaban J connectivity index is 2.53. The summed E-state index contributed by atoms with van der Waals surface area (Å²) in [6.45, 7) is 6.13. The highest BCUT2D eigenvalue weighted by Crippen LogP contribution is 2.33. The number of carboxylic acids is 1. The van der Waals surface area contributed by atoms with Gasteiger partial charge in [0.2, 0.25) is 0 Å². The molecule has 1 aliphatic carbocycles. The fourth-order valence-electron chi connectivity index (χ4n) is 3.15. The van der Waals surface area contributed by atoms with Crippen molar-refractivity contribution in [2.75, 3.05) is 34.2 Å². The summed E-state index contributed by atoms with van der Waals surface area (Å²) in [6.07, 6.45) is 3.52. The van der Waals surface area contributed by atoms with E-state index in [0.717, 1.165) is 32.4 Å². The van der Waals surface area contributed by atoms with Crippen LogP contribution in [0.4, 0.5) is 0 Å². The van der Waals surface area contributed by atoms with Crippen LogP contribution in [0.3, 0.4) is 0 Å². The van der Waals surface area contributed by atoms with Gasteiger partial charge in [-0.3, -0.25) is 10.1 Å². The second-order valence-corrected chi connectivity index (χ2v) is 6.72. The van der Waals surface area contributed by atoms with Gasteiger partial charge in [0.15, 0.2) is 0 Å². The smallest absolute Gasteiger partial charge is 0.323 e. The first kappa shape index (κ1) is 17.4. The highest BCUT2D eigenvalue weighted by Gasteiger charge is 2.46. The molecule has 0 aliphatic heterocycles. The van der Waals surface area contributed by atoms with Crippen LogP contribution in [0.5, 0.6) is 0 Å². The van der Waals surface area contributed by atoms with Crippen molar-refractivity contribution >= 4 is 5.97 Å². The molecular weight excluding hydrogens is 254 g/mol. The molecule has 0 radical (unpaired) electrons. The number of nitrogens with one attached hydrogen (secondary N) is 1. The van der Waals surface area contributed by atoms with Crippen molar-refractivity contribution in [3.63, 3.8) is 0 Å². The Labute approximate surface area is 123 Å². The highest BCUT2D eigenvalue weighted by molar-refractivity contribution is 5.79. The molecule has 2 atom stereocenters. The minimum absolute atomic E-state index is 0.198. The van der Waals surface area contributed by atoms with Gasteiger partial charge in [0, 0.05) is 12.1 Å². The third kappa shape index (κ3) is 4.72. The monoisotopic (exact) mass is 285 g/mol. The van der Waals surface area contributed by atoms with E-state index in [4.69, 9.17) is 0 Å². The summed E-state index contributed by atoms with van der Waals surface area (Å²) in [5.74, 6) is -0.699. The van der Waals surface area contributed by atoms with E-state index in [2.05, 4.69) is 36.3 Å². The first-order chi connectivity index (χ1) is 9.27. The van der Waals surface area contributed by atoms with E-state index in [0.29, 0.717) is 12.5 Å². The summed E-state index contributed by atoms with van der Waals surface area (Å²) >= 11 is 0. The molecule has 0 spiro atoms. The summed E-state index contributed by atoms with van der Waals surface area (Å²) < 4.78 is 0. The molecule has 20 heavy (non-hydrogen) atoms. The van der Waals surface area contributed by atoms with Crippen LogP contribution in [0.25, 0.3) is 0 Å². The summed E-state index contributed by atoms with van der Waals surface area (Å²) in [5, 5.41) is 12.9. The van der Waals surface area contributed by atoms with Gasteiger partial charge < -0.3 is 14.9 Å². The lowest BCUT2D eigenvalue weighted by atomic mass is 9.96. The SMILES string of the molecule is CC(C)NC1(C(=O)O)CCC(N(C)CCCN(C)C)C1. The van der Waals surface area contributed by atoms with Crippen LogP contribution in [0.2, 0.25) is 0 Å². The van der Waals surface area contributed by atoms with Gasteiger partial charge in [-0.25, -0.2) is 0 Å². The van der Waals surface area contributed by atoms with E-state index in [1.807, 2.05) is 13.8 Å². The minimum Gasteiger partial charge on any atom is -0.480 e. The van der Waals surface area contributed by atoms with Gasteiger partial charge in [0.1, 0.15) is 5.54 Å². The number of aliphatic carboxylic acids is 1. The Morgan fingerprint density at radius 3 is 2.50 bits per heavy atom. The maximum Gasteiger partial charge on any atom is 0.323 e. The summed E-state index contributed by atoms with van der Waals surface area (Å²) in [4.78, 5) is 16.2. The topological polar surface area (TPSA) is 55.8 Å². The van der Waals surface area contributed by atoms with E-state index >= 15 is 0 Å². The number of carboxylic acid groups (broad SMARTS) is 1. The van der Waals surface area contributed by atoms with Crippen LogP contribution in [-0.4, -0.2) is 72.7 Å². The van der Waals surface area contributed by atoms with Crippen LogP contribution in [0.15, 0.2) is 0 Å². The molecule has 118 valence electrons. The van der Waals surface area contributed by atoms with Gasteiger partial charge in [0.25, 0.3) is 0 Å². The predicted molar refractivity (Wildman–Crippen MR) is 82.1 cm³/mol. The lowest BCUT2D eigenvalue weighted by Crippen LogP contribution is -2.53. The van der Waals surface area contributed by atoms with Gasteiger partial charge in [0.05, 0.1) is 0 Å². The number of carbonyl (C=O) groups is 1. The maximum atomic E-state index is 11.6. The Morgan fingerprint density at radius 1 is 1.35 bits per heavy atom. The van der Waals surface area contributed by atoms with E-state index in [-0.39, 0.29) is 6.04 Å². The molecule has 0 heterocycles. The lowest BCUT2D eigenvalue weighted by molar-refractivity contribution is -0.145. The molecule has 1 saturated carbocycles. The molecule has 0 saturated heterocycles. The van der Waals surface area contributed by atoms with Crippen molar-refractivity contribution < 1.29 is 9.90 Å². The van der Waals surface area contributed by atoms with E-state index in [1.54, 1.807) is 0 Å². The van der Waals surface area contributed by atoms with Crippen LogP contribution in [-0.2, 0) is 4.79 Å². The Bertz CT molecular complexity index is 320.